The van der Waals surface area contributed by atoms with Gasteiger partial charge < -0.3 is 0 Å². The zero-order valence-electron chi connectivity index (χ0n) is 7.98. The van der Waals surface area contributed by atoms with Crippen LogP contribution in [0.25, 0.3) is 10.8 Å². The molecule has 0 nitrogen and oxygen atoms in total. The highest BCUT2D eigenvalue weighted by Crippen LogP contribution is 2.38. The van der Waals surface area contributed by atoms with Gasteiger partial charge in [0.2, 0.25) is 0 Å². The van der Waals surface area contributed by atoms with Gasteiger partial charge >= 0.3 is 0 Å². The number of benzene rings is 1. The Hall–Kier alpha value is -0.820. The van der Waals surface area contributed by atoms with Gasteiger partial charge in [-0.1, -0.05) is 12.1 Å². The average molecular weight is 188 g/mol. The van der Waals surface area contributed by atoms with E-state index in [2.05, 4.69) is 26.0 Å². The summed E-state index contributed by atoms with van der Waals surface area (Å²) in [6.07, 6.45) is 2.52. The van der Waals surface area contributed by atoms with Crippen molar-refractivity contribution in [3.63, 3.8) is 0 Å². The molecule has 0 atom stereocenters. The highest BCUT2D eigenvalue weighted by Gasteiger charge is 2.17. The number of hydrogen-bond donors (Lipinski definition) is 0. The third kappa shape index (κ3) is 0.856. The first kappa shape index (κ1) is 7.57. The van der Waals surface area contributed by atoms with E-state index in [1.54, 1.807) is 21.9 Å². The standard InChI is InChI=1S/C12H12S/c1-7-11-9-3-5-10(6-4-9)12(11)8(2)13-7/h3,5H,4,6H2,1-2H3. The van der Waals surface area contributed by atoms with Crippen LogP contribution in [0.5, 0.6) is 0 Å². The zero-order valence-corrected chi connectivity index (χ0v) is 8.79. The molecule has 0 unspecified atom stereocenters. The number of hydrogen-bond acceptors (Lipinski definition) is 1. The van der Waals surface area contributed by atoms with E-state index in [0.717, 1.165) is 0 Å². The van der Waals surface area contributed by atoms with Crippen molar-refractivity contribution in [1.82, 2.24) is 0 Å². The Labute approximate surface area is 82.2 Å². The quantitative estimate of drug-likeness (QED) is 0.592. The second-order valence-electron chi connectivity index (χ2n) is 3.85. The largest absolute Gasteiger partial charge is 0.145 e. The lowest BCUT2D eigenvalue weighted by molar-refractivity contribution is 0.947. The van der Waals surface area contributed by atoms with Gasteiger partial charge in [0.1, 0.15) is 0 Å². The fraction of sp³-hybridized carbons (Fsp3) is 0.333. The Morgan fingerprint density at radius 1 is 0.923 bits per heavy atom. The molecule has 13 heavy (non-hydrogen) atoms. The van der Waals surface area contributed by atoms with Gasteiger partial charge in [0.25, 0.3) is 0 Å². The first-order valence-electron chi connectivity index (χ1n) is 4.78. The van der Waals surface area contributed by atoms with Crippen LogP contribution in [-0.4, -0.2) is 0 Å². The van der Waals surface area contributed by atoms with Crippen LogP contribution < -0.4 is 0 Å². The predicted molar refractivity (Wildman–Crippen MR) is 58.7 cm³/mol. The third-order valence-electron chi connectivity index (χ3n) is 3.05. The lowest BCUT2D eigenvalue weighted by Crippen LogP contribution is -2.01. The van der Waals surface area contributed by atoms with Gasteiger partial charge in [-0.05, 0) is 48.6 Å². The highest BCUT2D eigenvalue weighted by molar-refractivity contribution is 7.13. The molecule has 0 saturated heterocycles. The lowest BCUT2D eigenvalue weighted by atomic mass is 9.88. The summed E-state index contributed by atoms with van der Waals surface area (Å²) in [5.74, 6) is 0. The van der Waals surface area contributed by atoms with Crippen LogP contribution in [0, 0.1) is 13.8 Å². The van der Waals surface area contributed by atoms with E-state index in [-0.39, 0.29) is 0 Å². The Kier molecular flexibility index (Phi) is 1.37. The van der Waals surface area contributed by atoms with Gasteiger partial charge in [0, 0.05) is 9.75 Å². The highest BCUT2D eigenvalue weighted by atomic mass is 32.1. The molecule has 0 spiro atoms. The fourth-order valence-corrected chi connectivity index (χ4v) is 3.64. The van der Waals surface area contributed by atoms with Crippen molar-refractivity contribution in [3.8, 4) is 0 Å². The van der Waals surface area contributed by atoms with Crippen molar-refractivity contribution in [2.45, 2.75) is 26.7 Å². The minimum atomic E-state index is 1.26. The number of thiophene rings is 1. The maximum atomic E-state index is 2.31. The SMILES string of the molecule is Cc1sc(C)c2c3ccc(c12)CC3. The summed E-state index contributed by atoms with van der Waals surface area (Å²) in [6, 6.07) is 4.61. The topological polar surface area (TPSA) is 0 Å². The molecule has 2 bridgehead atoms. The van der Waals surface area contributed by atoms with E-state index in [1.165, 1.54) is 22.6 Å². The summed E-state index contributed by atoms with van der Waals surface area (Å²) in [4.78, 5) is 3.01. The minimum Gasteiger partial charge on any atom is -0.145 e. The van der Waals surface area contributed by atoms with Gasteiger partial charge in [-0.25, -0.2) is 0 Å². The van der Waals surface area contributed by atoms with Crippen LogP contribution in [0.3, 0.4) is 0 Å². The molecule has 1 heteroatoms. The van der Waals surface area contributed by atoms with Crippen molar-refractivity contribution in [1.29, 1.82) is 0 Å². The van der Waals surface area contributed by atoms with Crippen LogP contribution in [0.15, 0.2) is 12.1 Å². The Bertz CT molecular complexity index is 447. The summed E-state index contributed by atoms with van der Waals surface area (Å²) in [6.45, 7) is 4.50. The smallest absolute Gasteiger partial charge is 0.00985 e. The molecule has 0 amide bonds. The molecule has 2 aliphatic rings. The molecule has 0 N–H and O–H groups in total. The summed E-state index contributed by atoms with van der Waals surface area (Å²) >= 11 is 1.95. The van der Waals surface area contributed by atoms with E-state index < -0.39 is 0 Å². The molecule has 2 aromatic rings. The molecular weight excluding hydrogens is 176 g/mol. The molecule has 4 rings (SSSR count). The first-order valence-corrected chi connectivity index (χ1v) is 5.59. The van der Waals surface area contributed by atoms with E-state index in [9.17, 15) is 0 Å². The van der Waals surface area contributed by atoms with E-state index in [1.807, 2.05) is 11.3 Å². The average Bonchev–Trinajstić information content (AvgIpc) is 2.47. The summed E-state index contributed by atoms with van der Waals surface area (Å²) in [7, 11) is 0. The van der Waals surface area contributed by atoms with Gasteiger partial charge in [-0.15, -0.1) is 11.3 Å². The molecule has 66 valence electrons. The monoisotopic (exact) mass is 188 g/mol. The first-order chi connectivity index (χ1) is 6.27. The van der Waals surface area contributed by atoms with Gasteiger partial charge in [0.05, 0.1) is 0 Å². The summed E-state index contributed by atoms with van der Waals surface area (Å²) in [5, 5.41) is 3.12. The van der Waals surface area contributed by atoms with Gasteiger partial charge in [-0.3, -0.25) is 0 Å². The minimum absolute atomic E-state index is 1.26. The van der Waals surface area contributed by atoms with E-state index in [0.29, 0.717) is 0 Å². The second-order valence-corrected chi connectivity index (χ2v) is 5.28. The predicted octanol–water partition coefficient (Wildman–Crippen LogP) is 3.62. The lowest BCUT2D eigenvalue weighted by Gasteiger charge is -2.15. The maximum Gasteiger partial charge on any atom is 0.00985 e. The third-order valence-corrected chi connectivity index (χ3v) is 4.07. The molecule has 0 saturated carbocycles. The van der Waals surface area contributed by atoms with Crippen LogP contribution >= 0.6 is 11.3 Å². The van der Waals surface area contributed by atoms with Gasteiger partial charge in [-0.2, -0.15) is 0 Å². The van der Waals surface area contributed by atoms with Crippen molar-refractivity contribution in [2.24, 2.45) is 0 Å². The van der Waals surface area contributed by atoms with Crippen molar-refractivity contribution in [3.05, 3.63) is 33.0 Å². The molecule has 1 aromatic heterocycles. The van der Waals surface area contributed by atoms with Crippen molar-refractivity contribution >= 4 is 22.1 Å². The van der Waals surface area contributed by atoms with Crippen LogP contribution in [0.2, 0.25) is 0 Å². The molecule has 0 fully saturated rings. The molecule has 0 radical (unpaired) electrons. The Morgan fingerprint density at radius 3 is 1.77 bits per heavy atom. The Balaban J connectivity index is 2.62. The number of rotatable bonds is 0. The van der Waals surface area contributed by atoms with Gasteiger partial charge in [0.15, 0.2) is 0 Å². The number of fused-ring (bicyclic) bond motifs is 2. The fourth-order valence-electron chi connectivity index (χ4n) is 2.51. The Morgan fingerprint density at radius 2 is 1.38 bits per heavy atom. The maximum absolute atomic E-state index is 2.31. The van der Waals surface area contributed by atoms with E-state index in [4.69, 9.17) is 0 Å². The number of aryl methyl sites for hydroxylation is 4. The summed E-state index contributed by atoms with van der Waals surface area (Å²) in [5.41, 5.74) is 3.12. The van der Waals surface area contributed by atoms with Crippen LogP contribution in [0.4, 0.5) is 0 Å². The van der Waals surface area contributed by atoms with E-state index >= 15 is 0 Å². The molecule has 0 aliphatic heterocycles. The second kappa shape index (κ2) is 2.36. The van der Waals surface area contributed by atoms with Crippen LogP contribution in [0.1, 0.15) is 20.9 Å². The molecule has 1 heterocycles. The molecular formula is C12H12S. The van der Waals surface area contributed by atoms with Crippen molar-refractivity contribution in [2.75, 3.05) is 0 Å². The van der Waals surface area contributed by atoms with Crippen LogP contribution in [-0.2, 0) is 12.8 Å². The molecule has 2 aliphatic carbocycles. The normalized spacial score (nSPS) is 14.3. The summed E-state index contributed by atoms with van der Waals surface area (Å²) < 4.78 is 0. The zero-order chi connectivity index (χ0) is 9.00. The molecule has 1 aromatic carbocycles. The van der Waals surface area contributed by atoms with Crippen molar-refractivity contribution < 1.29 is 0 Å².